The molecule has 0 spiro atoms. The molecule has 0 bridgehead atoms. The third kappa shape index (κ3) is 3.11. The van der Waals surface area contributed by atoms with E-state index < -0.39 is 0 Å². The summed E-state index contributed by atoms with van der Waals surface area (Å²) in [5, 5.41) is 7.63. The van der Waals surface area contributed by atoms with Crippen molar-refractivity contribution < 1.29 is 4.79 Å². The Morgan fingerprint density at radius 3 is 2.27 bits per heavy atom. The lowest BCUT2D eigenvalue weighted by atomic mass is 10.1. The van der Waals surface area contributed by atoms with Crippen molar-refractivity contribution in [2.75, 3.05) is 36.8 Å². The molecule has 1 amide bonds. The summed E-state index contributed by atoms with van der Waals surface area (Å²) >= 11 is 0. The Balaban J connectivity index is 1.44. The standard InChI is InChI=1S/C19H20N6O/c20-17-12-16(25-13-21-22-14-25)6-7-18(17)23-8-10-24(11-9-23)19(26)15-4-2-1-3-5-15/h1-7,12-14H,8-11,20H2. The maximum absolute atomic E-state index is 12.6. The summed E-state index contributed by atoms with van der Waals surface area (Å²) < 4.78 is 1.82. The van der Waals surface area contributed by atoms with Crippen molar-refractivity contribution >= 4 is 17.3 Å². The molecule has 0 atom stereocenters. The summed E-state index contributed by atoms with van der Waals surface area (Å²) in [4.78, 5) is 16.7. The van der Waals surface area contributed by atoms with Crippen LogP contribution in [0.3, 0.4) is 0 Å². The van der Waals surface area contributed by atoms with Gasteiger partial charge in [0, 0.05) is 31.7 Å². The zero-order chi connectivity index (χ0) is 17.9. The van der Waals surface area contributed by atoms with E-state index in [1.54, 1.807) is 12.7 Å². The summed E-state index contributed by atoms with van der Waals surface area (Å²) in [5.41, 5.74) is 9.63. The van der Waals surface area contributed by atoms with Gasteiger partial charge in [0.05, 0.1) is 17.1 Å². The minimum absolute atomic E-state index is 0.0844. The minimum Gasteiger partial charge on any atom is -0.397 e. The number of piperazine rings is 1. The van der Waals surface area contributed by atoms with E-state index in [0.717, 1.165) is 30.0 Å². The van der Waals surface area contributed by atoms with E-state index in [-0.39, 0.29) is 5.91 Å². The smallest absolute Gasteiger partial charge is 0.253 e. The highest BCUT2D eigenvalue weighted by Gasteiger charge is 2.23. The van der Waals surface area contributed by atoms with Crippen molar-refractivity contribution in [2.24, 2.45) is 0 Å². The van der Waals surface area contributed by atoms with E-state index in [4.69, 9.17) is 5.73 Å². The summed E-state index contributed by atoms with van der Waals surface area (Å²) in [7, 11) is 0. The lowest BCUT2D eigenvalue weighted by molar-refractivity contribution is 0.0747. The highest BCUT2D eigenvalue weighted by molar-refractivity contribution is 5.94. The van der Waals surface area contributed by atoms with Crippen LogP contribution >= 0.6 is 0 Å². The first-order chi connectivity index (χ1) is 12.7. The lowest BCUT2D eigenvalue weighted by Crippen LogP contribution is -2.49. The molecule has 26 heavy (non-hydrogen) atoms. The van der Waals surface area contributed by atoms with Gasteiger partial charge in [-0.05, 0) is 30.3 Å². The van der Waals surface area contributed by atoms with Crippen LogP contribution in [-0.4, -0.2) is 51.8 Å². The number of hydrogen-bond acceptors (Lipinski definition) is 5. The lowest BCUT2D eigenvalue weighted by Gasteiger charge is -2.36. The largest absolute Gasteiger partial charge is 0.397 e. The van der Waals surface area contributed by atoms with Gasteiger partial charge in [0.1, 0.15) is 12.7 Å². The first-order valence-corrected chi connectivity index (χ1v) is 8.56. The average Bonchev–Trinajstić information content (AvgIpc) is 3.23. The van der Waals surface area contributed by atoms with Gasteiger partial charge in [-0.15, -0.1) is 10.2 Å². The fourth-order valence-electron chi connectivity index (χ4n) is 3.24. The number of hydrogen-bond donors (Lipinski definition) is 1. The van der Waals surface area contributed by atoms with E-state index in [2.05, 4.69) is 15.1 Å². The molecule has 2 heterocycles. The fraction of sp³-hybridized carbons (Fsp3) is 0.211. The van der Waals surface area contributed by atoms with Crippen LogP contribution in [0.15, 0.2) is 61.2 Å². The Morgan fingerprint density at radius 1 is 0.923 bits per heavy atom. The highest BCUT2D eigenvalue weighted by Crippen LogP contribution is 2.27. The van der Waals surface area contributed by atoms with Crippen molar-refractivity contribution in [1.29, 1.82) is 0 Å². The third-order valence-corrected chi connectivity index (χ3v) is 4.66. The molecule has 132 valence electrons. The van der Waals surface area contributed by atoms with E-state index in [0.29, 0.717) is 18.8 Å². The third-order valence-electron chi connectivity index (χ3n) is 4.66. The number of carbonyl (C=O) groups excluding carboxylic acids is 1. The van der Waals surface area contributed by atoms with Gasteiger partial charge in [-0.3, -0.25) is 9.36 Å². The normalized spacial score (nSPS) is 14.5. The van der Waals surface area contributed by atoms with E-state index >= 15 is 0 Å². The molecule has 1 aliphatic rings. The number of anilines is 2. The van der Waals surface area contributed by atoms with Gasteiger partial charge in [-0.25, -0.2) is 0 Å². The predicted octanol–water partition coefficient (Wildman–Crippen LogP) is 1.81. The Hall–Kier alpha value is -3.35. The van der Waals surface area contributed by atoms with Gasteiger partial charge in [0.25, 0.3) is 5.91 Å². The molecule has 3 aromatic rings. The molecule has 1 fully saturated rings. The van der Waals surface area contributed by atoms with Crippen LogP contribution in [0.25, 0.3) is 5.69 Å². The molecule has 7 heteroatoms. The molecule has 1 aliphatic heterocycles. The molecule has 2 N–H and O–H groups in total. The molecular formula is C19H20N6O. The Labute approximate surface area is 151 Å². The molecule has 1 saturated heterocycles. The first-order valence-electron chi connectivity index (χ1n) is 8.56. The molecule has 4 rings (SSSR count). The molecule has 0 aliphatic carbocycles. The summed E-state index contributed by atoms with van der Waals surface area (Å²) in [6, 6.07) is 15.3. The minimum atomic E-state index is 0.0844. The molecule has 7 nitrogen and oxygen atoms in total. The summed E-state index contributed by atoms with van der Waals surface area (Å²) in [6.07, 6.45) is 3.28. The number of nitrogen functional groups attached to an aromatic ring is 1. The summed E-state index contributed by atoms with van der Waals surface area (Å²) in [6.45, 7) is 2.88. The average molecular weight is 348 g/mol. The van der Waals surface area contributed by atoms with Crippen molar-refractivity contribution in [3.63, 3.8) is 0 Å². The van der Waals surface area contributed by atoms with Gasteiger partial charge >= 0.3 is 0 Å². The maximum atomic E-state index is 12.6. The molecule has 0 saturated carbocycles. The number of rotatable bonds is 3. The van der Waals surface area contributed by atoms with Gasteiger partial charge in [0.2, 0.25) is 0 Å². The topological polar surface area (TPSA) is 80.3 Å². The zero-order valence-corrected chi connectivity index (χ0v) is 14.3. The van der Waals surface area contributed by atoms with Crippen LogP contribution < -0.4 is 10.6 Å². The molecule has 0 unspecified atom stereocenters. The first kappa shape index (κ1) is 16.1. The maximum Gasteiger partial charge on any atom is 0.253 e. The SMILES string of the molecule is Nc1cc(-n2cnnc2)ccc1N1CCN(C(=O)c2ccccc2)CC1. The summed E-state index contributed by atoms with van der Waals surface area (Å²) in [5.74, 6) is 0.0844. The van der Waals surface area contributed by atoms with Gasteiger partial charge in [0.15, 0.2) is 0 Å². The Bertz CT molecular complexity index is 886. The van der Waals surface area contributed by atoms with Gasteiger partial charge in [-0.1, -0.05) is 18.2 Å². The molecular weight excluding hydrogens is 328 g/mol. The second-order valence-electron chi connectivity index (χ2n) is 6.26. The number of nitrogens with two attached hydrogens (primary N) is 1. The predicted molar refractivity (Wildman–Crippen MR) is 100 cm³/mol. The number of amides is 1. The van der Waals surface area contributed by atoms with Crippen LogP contribution in [-0.2, 0) is 0 Å². The second-order valence-corrected chi connectivity index (χ2v) is 6.26. The van der Waals surface area contributed by atoms with Gasteiger partial charge in [-0.2, -0.15) is 0 Å². The highest BCUT2D eigenvalue weighted by atomic mass is 16.2. The molecule has 0 radical (unpaired) electrons. The zero-order valence-electron chi connectivity index (χ0n) is 14.3. The van der Waals surface area contributed by atoms with Crippen molar-refractivity contribution in [3.8, 4) is 5.69 Å². The Kier molecular flexibility index (Phi) is 4.27. The van der Waals surface area contributed by atoms with E-state index in [1.807, 2.05) is 58.0 Å². The molecule has 1 aromatic heterocycles. The van der Waals surface area contributed by atoms with Crippen LogP contribution in [0.2, 0.25) is 0 Å². The quantitative estimate of drug-likeness (QED) is 0.730. The van der Waals surface area contributed by atoms with Crippen LogP contribution in [0.4, 0.5) is 11.4 Å². The fourth-order valence-corrected chi connectivity index (χ4v) is 3.24. The van der Waals surface area contributed by atoms with Crippen LogP contribution in [0.1, 0.15) is 10.4 Å². The number of benzene rings is 2. The van der Waals surface area contributed by atoms with Crippen molar-refractivity contribution in [2.45, 2.75) is 0 Å². The van der Waals surface area contributed by atoms with Crippen LogP contribution in [0.5, 0.6) is 0 Å². The number of nitrogens with zero attached hydrogens (tertiary/aromatic N) is 5. The second kappa shape index (κ2) is 6.87. The number of carbonyl (C=O) groups is 1. The molecule has 2 aromatic carbocycles. The van der Waals surface area contributed by atoms with E-state index in [1.165, 1.54) is 0 Å². The number of aromatic nitrogens is 3. The van der Waals surface area contributed by atoms with Gasteiger partial charge < -0.3 is 15.5 Å². The van der Waals surface area contributed by atoms with Crippen molar-refractivity contribution in [1.82, 2.24) is 19.7 Å². The van der Waals surface area contributed by atoms with Crippen LogP contribution in [0, 0.1) is 0 Å². The monoisotopic (exact) mass is 348 g/mol. The Morgan fingerprint density at radius 2 is 1.62 bits per heavy atom. The van der Waals surface area contributed by atoms with E-state index in [9.17, 15) is 4.79 Å². The van der Waals surface area contributed by atoms with Crippen molar-refractivity contribution in [3.05, 3.63) is 66.7 Å².